The Kier molecular flexibility index (Phi) is 5.10. The van der Waals surface area contributed by atoms with Crippen LogP contribution in [0.25, 0.3) is 0 Å². The number of hydrogen-bond donors (Lipinski definition) is 0. The van der Waals surface area contributed by atoms with Gasteiger partial charge in [0, 0.05) is 11.1 Å². The highest BCUT2D eigenvalue weighted by molar-refractivity contribution is 6.12. The summed E-state index contributed by atoms with van der Waals surface area (Å²) >= 11 is 0. The van der Waals surface area contributed by atoms with Gasteiger partial charge in [-0.3, -0.25) is 0 Å². The zero-order valence-electron chi connectivity index (χ0n) is 13.2. The van der Waals surface area contributed by atoms with Gasteiger partial charge < -0.3 is 4.84 Å². The van der Waals surface area contributed by atoms with Crippen LogP contribution in [0, 0.1) is 5.41 Å². The highest BCUT2D eigenvalue weighted by Gasteiger charge is 2.28. The van der Waals surface area contributed by atoms with Crippen molar-refractivity contribution in [3.8, 4) is 0 Å². The zero-order chi connectivity index (χ0) is 16.0. The molecule has 3 heteroatoms. The molecule has 0 spiro atoms. The van der Waals surface area contributed by atoms with Gasteiger partial charge in [-0.25, -0.2) is 4.79 Å². The number of oxime groups is 1. The van der Waals surface area contributed by atoms with E-state index in [4.69, 9.17) is 4.84 Å². The minimum Gasteiger partial charge on any atom is -0.317 e. The molecular formula is C19H21NO2. The van der Waals surface area contributed by atoms with Gasteiger partial charge in [0.15, 0.2) is 0 Å². The lowest BCUT2D eigenvalue weighted by atomic mass is 9.91. The van der Waals surface area contributed by atoms with E-state index in [0.29, 0.717) is 12.1 Å². The Bertz CT molecular complexity index is 604. The highest BCUT2D eigenvalue weighted by Crippen LogP contribution is 2.22. The Hall–Kier alpha value is -2.42. The molecule has 2 aromatic rings. The predicted molar refractivity (Wildman–Crippen MR) is 88.7 cm³/mol. The molecule has 22 heavy (non-hydrogen) atoms. The zero-order valence-corrected chi connectivity index (χ0v) is 13.2. The van der Waals surface area contributed by atoms with E-state index in [0.717, 1.165) is 11.1 Å². The van der Waals surface area contributed by atoms with Crippen LogP contribution in [0.3, 0.4) is 0 Å². The van der Waals surface area contributed by atoms with Crippen molar-refractivity contribution in [1.29, 1.82) is 0 Å². The van der Waals surface area contributed by atoms with Crippen molar-refractivity contribution in [3.05, 3.63) is 71.8 Å². The molecule has 0 saturated carbocycles. The first-order chi connectivity index (χ1) is 10.5. The van der Waals surface area contributed by atoms with Crippen molar-refractivity contribution in [2.45, 2.75) is 27.2 Å². The summed E-state index contributed by atoms with van der Waals surface area (Å²) in [6, 6.07) is 19.4. The molecule has 0 saturated heterocycles. The molecule has 0 atom stereocenters. The predicted octanol–water partition coefficient (Wildman–Crippen LogP) is 4.42. The van der Waals surface area contributed by atoms with Crippen molar-refractivity contribution in [2.75, 3.05) is 0 Å². The number of benzene rings is 2. The second-order valence-corrected chi connectivity index (χ2v) is 5.79. The van der Waals surface area contributed by atoms with Crippen LogP contribution in [0.1, 0.15) is 38.3 Å². The molecule has 0 aliphatic rings. The average Bonchev–Trinajstić information content (AvgIpc) is 2.56. The number of carbonyl (C=O) groups is 1. The Balaban J connectivity index is 2.34. The van der Waals surface area contributed by atoms with Crippen molar-refractivity contribution in [1.82, 2.24) is 0 Å². The lowest BCUT2D eigenvalue weighted by Gasteiger charge is -2.18. The quantitative estimate of drug-likeness (QED) is 0.465. The summed E-state index contributed by atoms with van der Waals surface area (Å²) in [7, 11) is 0. The minimum atomic E-state index is -0.540. The Morgan fingerprint density at radius 2 is 1.41 bits per heavy atom. The van der Waals surface area contributed by atoms with Crippen LogP contribution in [0.5, 0.6) is 0 Å². The van der Waals surface area contributed by atoms with E-state index in [1.807, 2.05) is 81.4 Å². The molecule has 0 aliphatic heterocycles. The van der Waals surface area contributed by atoms with Gasteiger partial charge >= 0.3 is 5.97 Å². The molecule has 0 amide bonds. The maximum atomic E-state index is 12.1. The second kappa shape index (κ2) is 7.03. The van der Waals surface area contributed by atoms with Crippen LogP contribution >= 0.6 is 0 Å². The first-order valence-electron chi connectivity index (χ1n) is 7.45. The summed E-state index contributed by atoms with van der Waals surface area (Å²) in [5, 5.41) is 4.15. The molecule has 0 unspecified atom stereocenters. The Morgan fingerprint density at radius 3 is 1.82 bits per heavy atom. The molecule has 0 heterocycles. The first kappa shape index (κ1) is 16.0. The van der Waals surface area contributed by atoms with E-state index >= 15 is 0 Å². The van der Waals surface area contributed by atoms with Crippen LogP contribution in [0.2, 0.25) is 0 Å². The third-order valence-corrected chi connectivity index (χ3v) is 3.75. The Labute approximate surface area is 131 Å². The van der Waals surface area contributed by atoms with Crippen LogP contribution in [0.15, 0.2) is 65.8 Å². The summed E-state index contributed by atoms with van der Waals surface area (Å²) in [6.45, 7) is 5.67. The van der Waals surface area contributed by atoms with Crippen LogP contribution < -0.4 is 0 Å². The van der Waals surface area contributed by atoms with E-state index in [1.165, 1.54) is 0 Å². The lowest BCUT2D eigenvalue weighted by Crippen LogP contribution is -2.24. The molecule has 0 fully saturated rings. The van der Waals surface area contributed by atoms with E-state index in [9.17, 15) is 4.79 Å². The van der Waals surface area contributed by atoms with Crippen molar-refractivity contribution < 1.29 is 9.63 Å². The molecule has 0 aromatic heterocycles. The number of carbonyl (C=O) groups excluding carboxylic acids is 1. The fourth-order valence-corrected chi connectivity index (χ4v) is 1.82. The molecule has 3 nitrogen and oxygen atoms in total. The van der Waals surface area contributed by atoms with Gasteiger partial charge in [-0.15, -0.1) is 0 Å². The van der Waals surface area contributed by atoms with Gasteiger partial charge in [0.25, 0.3) is 0 Å². The molecule has 2 aromatic carbocycles. The summed E-state index contributed by atoms with van der Waals surface area (Å²) in [5.41, 5.74) is 1.94. The fraction of sp³-hybridized carbons (Fsp3) is 0.263. The molecule has 2 rings (SSSR count). The van der Waals surface area contributed by atoms with Crippen LogP contribution in [0.4, 0.5) is 0 Å². The SMILES string of the molecule is CCC(C)(C)C(=O)ON=C(c1ccccc1)c1ccccc1. The first-order valence-corrected chi connectivity index (χ1v) is 7.45. The Morgan fingerprint density at radius 1 is 0.955 bits per heavy atom. The largest absolute Gasteiger partial charge is 0.340 e. The summed E-state index contributed by atoms with van der Waals surface area (Å²) < 4.78 is 0. The van der Waals surface area contributed by atoms with Gasteiger partial charge in [-0.2, -0.15) is 0 Å². The smallest absolute Gasteiger partial charge is 0.317 e. The average molecular weight is 295 g/mol. The second-order valence-electron chi connectivity index (χ2n) is 5.79. The summed E-state index contributed by atoms with van der Waals surface area (Å²) in [4.78, 5) is 17.4. The maximum absolute atomic E-state index is 12.1. The molecular weight excluding hydrogens is 274 g/mol. The number of nitrogens with zero attached hydrogens (tertiary/aromatic N) is 1. The van der Waals surface area contributed by atoms with Gasteiger partial charge in [0.05, 0.1) is 5.41 Å². The monoisotopic (exact) mass is 295 g/mol. The van der Waals surface area contributed by atoms with E-state index in [1.54, 1.807) is 0 Å². The third kappa shape index (κ3) is 3.82. The van der Waals surface area contributed by atoms with Crippen molar-refractivity contribution in [2.24, 2.45) is 10.6 Å². The van der Waals surface area contributed by atoms with Crippen molar-refractivity contribution >= 4 is 11.7 Å². The summed E-state index contributed by atoms with van der Waals surface area (Å²) in [5.74, 6) is -0.320. The lowest BCUT2D eigenvalue weighted by molar-refractivity contribution is -0.154. The number of rotatable bonds is 5. The van der Waals surface area contributed by atoms with E-state index in [-0.39, 0.29) is 5.97 Å². The topological polar surface area (TPSA) is 38.7 Å². The highest BCUT2D eigenvalue weighted by atomic mass is 16.7. The molecule has 0 aliphatic carbocycles. The molecule has 0 radical (unpaired) electrons. The molecule has 114 valence electrons. The normalized spacial score (nSPS) is 10.9. The summed E-state index contributed by atoms with van der Waals surface area (Å²) in [6.07, 6.45) is 0.702. The van der Waals surface area contributed by atoms with Gasteiger partial charge in [0.2, 0.25) is 0 Å². The fourth-order valence-electron chi connectivity index (χ4n) is 1.82. The van der Waals surface area contributed by atoms with Gasteiger partial charge in [-0.1, -0.05) is 72.7 Å². The maximum Gasteiger partial charge on any atom is 0.340 e. The van der Waals surface area contributed by atoms with Gasteiger partial charge in [-0.05, 0) is 20.3 Å². The van der Waals surface area contributed by atoms with Crippen LogP contribution in [-0.4, -0.2) is 11.7 Å². The van der Waals surface area contributed by atoms with E-state index < -0.39 is 5.41 Å². The van der Waals surface area contributed by atoms with Gasteiger partial charge in [0.1, 0.15) is 5.71 Å². The van der Waals surface area contributed by atoms with Crippen LogP contribution in [-0.2, 0) is 9.63 Å². The minimum absolute atomic E-state index is 0.320. The third-order valence-electron chi connectivity index (χ3n) is 3.75. The number of hydrogen-bond acceptors (Lipinski definition) is 3. The standard InChI is InChI=1S/C19H21NO2/c1-4-19(2,3)18(21)22-20-17(15-11-7-5-8-12-15)16-13-9-6-10-14-16/h5-14H,4H2,1-3H3. The van der Waals surface area contributed by atoms with E-state index in [2.05, 4.69) is 5.16 Å². The molecule has 0 bridgehead atoms. The molecule has 0 N–H and O–H groups in total. The van der Waals surface area contributed by atoms with Crippen molar-refractivity contribution in [3.63, 3.8) is 0 Å².